The van der Waals surface area contributed by atoms with Gasteiger partial charge >= 0.3 is 5.97 Å². The number of esters is 1. The number of aromatic nitrogens is 2. The first-order valence-corrected chi connectivity index (χ1v) is 8.86. The molecule has 0 aliphatic heterocycles. The van der Waals surface area contributed by atoms with Gasteiger partial charge in [0.25, 0.3) is 5.56 Å². The monoisotopic (exact) mass is 452 g/mol. The van der Waals surface area contributed by atoms with E-state index in [1.165, 1.54) is 43.0 Å². The first kappa shape index (κ1) is 19.2. The molecule has 0 bridgehead atoms. The van der Waals surface area contributed by atoms with E-state index in [-0.39, 0.29) is 17.7 Å². The van der Waals surface area contributed by atoms with Crippen molar-refractivity contribution in [2.45, 2.75) is 6.61 Å². The topological polar surface area (TPSA) is 79.1 Å². The Morgan fingerprint density at radius 1 is 1.19 bits per heavy atom. The molecule has 0 saturated heterocycles. The molecule has 140 valence electrons. The molecule has 0 spiro atoms. The zero-order valence-electron chi connectivity index (χ0n) is 14.4. The lowest BCUT2D eigenvalue weighted by Crippen LogP contribution is -2.16. The average Bonchev–Trinajstić information content (AvgIpc) is 2.66. The Balaban J connectivity index is 1.83. The Morgan fingerprint density at radius 2 is 1.85 bits per heavy atom. The van der Waals surface area contributed by atoms with Crippen LogP contribution in [0, 0.1) is 0 Å². The number of hydrogen-bond donors (Lipinski definition) is 0. The molecule has 0 radical (unpaired) electrons. The number of methoxy groups -OCH3 is 2. The van der Waals surface area contributed by atoms with Crippen LogP contribution in [-0.4, -0.2) is 29.6 Å². The van der Waals surface area contributed by atoms with Crippen LogP contribution >= 0.6 is 27.5 Å². The molecule has 2 aromatic heterocycles. The number of pyridine rings is 1. The van der Waals surface area contributed by atoms with Crippen molar-refractivity contribution in [1.29, 1.82) is 0 Å². The molecule has 0 atom stereocenters. The van der Waals surface area contributed by atoms with Gasteiger partial charge in [-0.3, -0.25) is 9.20 Å². The van der Waals surface area contributed by atoms with Crippen LogP contribution in [0.3, 0.4) is 0 Å². The first-order valence-electron chi connectivity index (χ1n) is 7.69. The van der Waals surface area contributed by atoms with Crippen molar-refractivity contribution >= 4 is 39.1 Å². The van der Waals surface area contributed by atoms with Gasteiger partial charge in [-0.15, -0.1) is 0 Å². The Hall–Kier alpha value is -2.58. The number of ether oxygens (including phenoxy) is 3. The largest absolute Gasteiger partial charge is 0.495 e. The van der Waals surface area contributed by atoms with Gasteiger partial charge in [0.2, 0.25) is 0 Å². The van der Waals surface area contributed by atoms with Gasteiger partial charge in [0, 0.05) is 12.3 Å². The molecular formula is C18H14BrClN2O5. The van der Waals surface area contributed by atoms with Crippen molar-refractivity contribution in [3.8, 4) is 11.5 Å². The number of carbonyl (C=O) groups excluding carboxylic acids is 1. The molecule has 0 fully saturated rings. The van der Waals surface area contributed by atoms with Crippen molar-refractivity contribution in [3.05, 3.63) is 67.6 Å². The number of halogens is 2. The maximum atomic E-state index is 12.4. The van der Waals surface area contributed by atoms with Gasteiger partial charge in [-0.05, 0) is 40.2 Å². The number of carbonyl (C=O) groups is 1. The molecule has 0 N–H and O–H groups in total. The molecule has 9 heteroatoms. The van der Waals surface area contributed by atoms with E-state index in [0.29, 0.717) is 32.3 Å². The SMILES string of the molecule is COc1cc(C(=O)OCc2cc(=O)n3cc(Cl)ccc3n2)cc(OC)c1Br. The molecule has 7 nitrogen and oxygen atoms in total. The molecule has 3 aromatic rings. The minimum absolute atomic E-state index is 0.159. The number of rotatable bonds is 5. The number of nitrogens with zero attached hydrogens (tertiary/aromatic N) is 2. The van der Waals surface area contributed by atoms with Crippen molar-refractivity contribution < 1.29 is 19.0 Å². The maximum absolute atomic E-state index is 12.4. The Bertz CT molecular complexity index is 1060. The summed E-state index contributed by atoms with van der Waals surface area (Å²) in [5.41, 5.74) is 0.661. The molecule has 3 rings (SSSR count). The lowest BCUT2D eigenvalue weighted by atomic mass is 10.2. The summed E-state index contributed by atoms with van der Waals surface area (Å²) in [6.07, 6.45) is 1.47. The highest BCUT2D eigenvalue weighted by atomic mass is 79.9. The van der Waals surface area contributed by atoms with Gasteiger partial charge in [-0.2, -0.15) is 0 Å². The van der Waals surface area contributed by atoms with E-state index in [4.69, 9.17) is 25.8 Å². The molecule has 0 amide bonds. The molecule has 27 heavy (non-hydrogen) atoms. The second-order valence-corrected chi connectivity index (χ2v) is 6.66. The third-order valence-electron chi connectivity index (χ3n) is 3.71. The van der Waals surface area contributed by atoms with Crippen molar-refractivity contribution in [2.24, 2.45) is 0 Å². The third-order valence-corrected chi connectivity index (χ3v) is 4.71. The van der Waals surface area contributed by atoms with Crippen LogP contribution in [0.2, 0.25) is 5.02 Å². The van der Waals surface area contributed by atoms with Crippen LogP contribution < -0.4 is 15.0 Å². The van der Waals surface area contributed by atoms with Crippen LogP contribution in [-0.2, 0) is 11.3 Å². The quantitative estimate of drug-likeness (QED) is 0.550. The zero-order chi connectivity index (χ0) is 19.6. The van der Waals surface area contributed by atoms with Gasteiger partial charge in [0.1, 0.15) is 28.2 Å². The van der Waals surface area contributed by atoms with Crippen molar-refractivity contribution in [2.75, 3.05) is 14.2 Å². The highest BCUT2D eigenvalue weighted by Gasteiger charge is 2.16. The number of fused-ring (bicyclic) bond motifs is 1. The molecule has 0 saturated carbocycles. The van der Waals surface area contributed by atoms with Gasteiger partial charge in [-0.1, -0.05) is 11.6 Å². The average molecular weight is 454 g/mol. The van der Waals surface area contributed by atoms with Gasteiger partial charge < -0.3 is 14.2 Å². The van der Waals surface area contributed by atoms with E-state index in [9.17, 15) is 9.59 Å². The fraction of sp³-hybridized carbons (Fsp3) is 0.167. The fourth-order valence-electron chi connectivity index (χ4n) is 2.41. The van der Waals surface area contributed by atoms with Crippen LogP contribution in [0.1, 0.15) is 16.1 Å². The van der Waals surface area contributed by atoms with Crippen LogP contribution in [0.25, 0.3) is 5.65 Å². The van der Waals surface area contributed by atoms with Crippen LogP contribution in [0.5, 0.6) is 11.5 Å². The third kappa shape index (κ3) is 4.06. The molecule has 2 heterocycles. The summed E-state index contributed by atoms with van der Waals surface area (Å²) in [5, 5.41) is 0.420. The van der Waals surface area contributed by atoms with E-state index in [2.05, 4.69) is 20.9 Å². The van der Waals surface area contributed by atoms with E-state index in [1.54, 1.807) is 12.1 Å². The van der Waals surface area contributed by atoms with Crippen molar-refractivity contribution in [3.63, 3.8) is 0 Å². The summed E-state index contributed by atoms with van der Waals surface area (Å²) in [7, 11) is 2.96. The summed E-state index contributed by atoms with van der Waals surface area (Å²) in [6.45, 7) is -0.159. The smallest absolute Gasteiger partial charge is 0.338 e. The summed E-state index contributed by atoms with van der Waals surface area (Å²) < 4.78 is 17.6. The van der Waals surface area contributed by atoms with Crippen molar-refractivity contribution in [1.82, 2.24) is 9.38 Å². The normalized spacial score (nSPS) is 10.7. The van der Waals surface area contributed by atoms with E-state index in [1.807, 2.05) is 0 Å². The summed E-state index contributed by atoms with van der Waals surface area (Å²) >= 11 is 9.22. The van der Waals surface area contributed by atoms with E-state index < -0.39 is 5.97 Å². The highest BCUT2D eigenvalue weighted by Crippen LogP contribution is 2.35. The van der Waals surface area contributed by atoms with Crippen LogP contribution in [0.4, 0.5) is 0 Å². The molecule has 0 aliphatic rings. The Kier molecular flexibility index (Phi) is 5.67. The molecular weight excluding hydrogens is 440 g/mol. The van der Waals surface area contributed by atoms with Gasteiger partial charge in [-0.25, -0.2) is 9.78 Å². The van der Waals surface area contributed by atoms with Gasteiger partial charge in [0.05, 0.1) is 30.5 Å². The Labute approximate surface area is 167 Å². The first-order chi connectivity index (χ1) is 12.9. The van der Waals surface area contributed by atoms with E-state index in [0.717, 1.165) is 0 Å². The number of benzene rings is 1. The van der Waals surface area contributed by atoms with E-state index >= 15 is 0 Å². The number of hydrogen-bond acceptors (Lipinski definition) is 6. The van der Waals surface area contributed by atoms with Crippen LogP contribution in [0.15, 0.2) is 45.8 Å². The summed E-state index contributed by atoms with van der Waals surface area (Å²) in [4.78, 5) is 28.8. The summed E-state index contributed by atoms with van der Waals surface area (Å²) in [6, 6.07) is 7.58. The Morgan fingerprint density at radius 3 is 2.48 bits per heavy atom. The lowest BCUT2D eigenvalue weighted by molar-refractivity contribution is 0.0467. The second-order valence-electron chi connectivity index (χ2n) is 5.43. The molecule has 0 unspecified atom stereocenters. The zero-order valence-corrected chi connectivity index (χ0v) is 16.7. The minimum atomic E-state index is -0.600. The summed E-state index contributed by atoms with van der Waals surface area (Å²) in [5.74, 6) is 0.262. The lowest BCUT2D eigenvalue weighted by Gasteiger charge is -2.11. The molecule has 0 aliphatic carbocycles. The predicted octanol–water partition coefficient (Wildman–Crippen LogP) is 3.48. The second kappa shape index (κ2) is 7.98. The fourth-order valence-corrected chi connectivity index (χ4v) is 3.12. The standard InChI is InChI=1S/C18H14BrClN2O5/c1-25-13-5-10(6-14(26-2)17(13)19)18(24)27-9-12-7-16(23)22-8-11(20)3-4-15(22)21-12/h3-8H,9H2,1-2H3. The molecule has 1 aromatic carbocycles. The minimum Gasteiger partial charge on any atom is -0.495 e. The predicted molar refractivity (Wildman–Crippen MR) is 103 cm³/mol. The highest BCUT2D eigenvalue weighted by molar-refractivity contribution is 9.10. The maximum Gasteiger partial charge on any atom is 0.338 e. The van der Waals surface area contributed by atoms with Gasteiger partial charge in [0.15, 0.2) is 0 Å².